The van der Waals surface area contributed by atoms with Crippen molar-refractivity contribution in [1.29, 1.82) is 0 Å². The van der Waals surface area contributed by atoms with Crippen LogP contribution in [0, 0.1) is 11.8 Å². The normalized spacial score (nSPS) is 33.1. The molecule has 0 amide bonds. The van der Waals surface area contributed by atoms with E-state index in [1.165, 1.54) is 19.1 Å². The summed E-state index contributed by atoms with van der Waals surface area (Å²) in [6.07, 6.45) is 7.39. The Morgan fingerprint density at radius 2 is 1.83 bits per heavy atom. The number of methoxy groups -OCH3 is 1. The summed E-state index contributed by atoms with van der Waals surface area (Å²) in [6, 6.07) is -0.00736. The van der Waals surface area contributed by atoms with Gasteiger partial charge in [-0.25, -0.2) is 8.42 Å². The third-order valence-electron chi connectivity index (χ3n) is 4.55. The minimum atomic E-state index is -2.93. The average Bonchev–Trinajstić information content (AvgIpc) is 3.13. The fraction of sp³-hybridized carbons (Fsp3) is 1.00. The smallest absolute Gasteiger partial charge is 0.150 e. The largest absolute Gasteiger partial charge is 0.380 e. The van der Waals surface area contributed by atoms with Crippen LogP contribution in [0.2, 0.25) is 0 Å². The van der Waals surface area contributed by atoms with Crippen LogP contribution < -0.4 is 5.73 Å². The highest BCUT2D eigenvalue weighted by Crippen LogP contribution is 2.39. The van der Waals surface area contributed by atoms with E-state index in [2.05, 4.69) is 0 Å². The van der Waals surface area contributed by atoms with Gasteiger partial charge in [0.15, 0.2) is 0 Å². The third kappa shape index (κ3) is 3.25. The van der Waals surface area contributed by atoms with Crippen molar-refractivity contribution < 1.29 is 13.2 Å². The van der Waals surface area contributed by atoms with Crippen molar-refractivity contribution in [2.75, 3.05) is 13.4 Å². The summed E-state index contributed by atoms with van der Waals surface area (Å²) in [4.78, 5) is 0. The van der Waals surface area contributed by atoms with E-state index in [4.69, 9.17) is 10.5 Å². The van der Waals surface area contributed by atoms with Gasteiger partial charge in [0.05, 0.1) is 11.4 Å². The third-order valence-corrected chi connectivity index (χ3v) is 6.19. The molecule has 5 heteroatoms. The summed E-state index contributed by atoms with van der Waals surface area (Å²) in [6.45, 7) is 0. The Labute approximate surface area is 110 Å². The maximum Gasteiger partial charge on any atom is 0.150 e. The fourth-order valence-electron chi connectivity index (χ4n) is 3.28. The van der Waals surface area contributed by atoms with Crippen molar-refractivity contribution in [3.63, 3.8) is 0 Å². The maximum atomic E-state index is 11.7. The molecule has 2 saturated carbocycles. The van der Waals surface area contributed by atoms with E-state index in [1.807, 2.05) is 0 Å². The van der Waals surface area contributed by atoms with Gasteiger partial charge in [0.2, 0.25) is 0 Å². The van der Waals surface area contributed by atoms with Crippen LogP contribution in [0.3, 0.4) is 0 Å². The van der Waals surface area contributed by atoms with Crippen molar-refractivity contribution in [3.05, 3.63) is 0 Å². The molecule has 2 rings (SSSR count). The van der Waals surface area contributed by atoms with Crippen molar-refractivity contribution in [2.24, 2.45) is 17.6 Å². The minimum Gasteiger partial charge on any atom is -0.380 e. The molecule has 0 aromatic heterocycles. The molecule has 4 unspecified atom stereocenters. The van der Waals surface area contributed by atoms with Crippen LogP contribution in [0.4, 0.5) is 0 Å². The van der Waals surface area contributed by atoms with Gasteiger partial charge in [-0.15, -0.1) is 0 Å². The molecule has 4 atom stereocenters. The lowest BCUT2D eigenvalue weighted by molar-refractivity contribution is 0.0384. The minimum absolute atomic E-state index is 0.00736. The fourth-order valence-corrected chi connectivity index (χ4v) is 4.47. The predicted octanol–water partition coefficient (Wildman–Crippen LogP) is 1.34. The van der Waals surface area contributed by atoms with Gasteiger partial charge >= 0.3 is 0 Å². The molecule has 18 heavy (non-hydrogen) atoms. The van der Waals surface area contributed by atoms with Gasteiger partial charge in [0.25, 0.3) is 0 Å². The van der Waals surface area contributed by atoms with Crippen LogP contribution in [0.15, 0.2) is 0 Å². The molecule has 2 aliphatic carbocycles. The Balaban J connectivity index is 1.99. The quantitative estimate of drug-likeness (QED) is 0.822. The molecule has 2 fully saturated rings. The van der Waals surface area contributed by atoms with E-state index in [0.717, 1.165) is 19.3 Å². The first-order valence-corrected chi connectivity index (χ1v) is 8.86. The number of ether oxygens (including phenoxy) is 1. The Morgan fingerprint density at radius 1 is 1.17 bits per heavy atom. The summed E-state index contributed by atoms with van der Waals surface area (Å²) >= 11 is 0. The molecule has 2 aliphatic rings. The van der Waals surface area contributed by atoms with Crippen LogP contribution in [-0.2, 0) is 14.6 Å². The van der Waals surface area contributed by atoms with E-state index in [-0.39, 0.29) is 17.4 Å². The van der Waals surface area contributed by atoms with E-state index in [0.29, 0.717) is 18.3 Å². The highest BCUT2D eigenvalue weighted by Gasteiger charge is 2.40. The second-order valence-electron chi connectivity index (χ2n) is 5.99. The van der Waals surface area contributed by atoms with Crippen LogP contribution in [0.5, 0.6) is 0 Å². The zero-order chi connectivity index (χ0) is 13.3. The number of rotatable bonds is 5. The van der Waals surface area contributed by atoms with Crippen molar-refractivity contribution in [1.82, 2.24) is 0 Å². The van der Waals surface area contributed by atoms with Crippen molar-refractivity contribution in [3.8, 4) is 0 Å². The molecule has 0 saturated heterocycles. The van der Waals surface area contributed by atoms with E-state index in [9.17, 15) is 8.42 Å². The lowest BCUT2D eigenvalue weighted by Gasteiger charge is -2.35. The number of hydrogen-bond donors (Lipinski definition) is 1. The van der Waals surface area contributed by atoms with E-state index < -0.39 is 9.84 Å². The molecule has 4 nitrogen and oxygen atoms in total. The zero-order valence-corrected chi connectivity index (χ0v) is 12.2. The van der Waals surface area contributed by atoms with Crippen LogP contribution in [0.1, 0.15) is 38.5 Å². The maximum absolute atomic E-state index is 11.7. The SMILES string of the molecule is COC(C1CC1)C(N)C1CCCC(S(C)(=O)=O)C1. The summed E-state index contributed by atoms with van der Waals surface area (Å²) in [7, 11) is -1.20. The number of hydrogen-bond acceptors (Lipinski definition) is 4. The number of nitrogens with two attached hydrogens (primary N) is 1. The molecular weight excluding hydrogens is 250 g/mol. The second-order valence-corrected chi connectivity index (χ2v) is 8.32. The first kappa shape index (κ1) is 14.3. The Bertz CT molecular complexity index is 378. The Hall–Kier alpha value is -0.130. The molecule has 0 spiro atoms. The summed E-state index contributed by atoms with van der Waals surface area (Å²) in [5, 5.41) is -0.195. The van der Waals surface area contributed by atoms with Crippen LogP contribution in [0.25, 0.3) is 0 Å². The van der Waals surface area contributed by atoms with Crippen LogP contribution in [-0.4, -0.2) is 39.2 Å². The molecule has 106 valence electrons. The molecule has 0 aliphatic heterocycles. The lowest BCUT2D eigenvalue weighted by Crippen LogP contribution is -2.46. The predicted molar refractivity (Wildman–Crippen MR) is 72.1 cm³/mol. The average molecular weight is 275 g/mol. The standard InChI is InChI=1S/C13H25NO3S/c1-17-13(9-6-7-9)12(14)10-4-3-5-11(8-10)18(2,15)16/h9-13H,3-8,14H2,1-2H3. The molecule has 0 aromatic carbocycles. The van der Waals surface area contributed by atoms with Gasteiger partial charge in [-0.3, -0.25) is 0 Å². The van der Waals surface area contributed by atoms with Gasteiger partial charge < -0.3 is 10.5 Å². The zero-order valence-electron chi connectivity index (χ0n) is 11.3. The summed E-state index contributed by atoms with van der Waals surface area (Å²) in [5.41, 5.74) is 6.33. The van der Waals surface area contributed by atoms with E-state index in [1.54, 1.807) is 7.11 Å². The summed E-state index contributed by atoms with van der Waals surface area (Å²) in [5.74, 6) is 0.896. The number of sulfone groups is 1. The van der Waals surface area contributed by atoms with Gasteiger partial charge in [-0.05, 0) is 43.9 Å². The van der Waals surface area contributed by atoms with Gasteiger partial charge in [0, 0.05) is 19.4 Å². The van der Waals surface area contributed by atoms with Crippen molar-refractivity contribution in [2.45, 2.75) is 55.9 Å². The van der Waals surface area contributed by atoms with Crippen molar-refractivity contribution >= 4 is 9.84 Å². The molecule has 0 radical (unpaired) electrons. The molecular formula is C13H25NO3S. The Kier molecular flexibility index (Phi) is 4.34. The molecule has 2 N–H and O–H groups in total. The summed E-state index contributed by atoms with van der Waals surface area (Å²) < 4.78 is 28.9. The second kappa shape index (κ2) is 5.47. The van der Waals surface area contributed by atoms with Gasteiger partial charge in [0.1, 0.15) is 9.84 Å². The highest BCUT2D eigenvalue weighted by molar-refractivity contribution is 7.91. The molecule has 0 bridgehead atoms. The Morgan fingerprint density at radius 3 is 2.33 bits per heavy atom. The first-order chi connectivity index (χ1) is 8.43. The lowest BCUT2D eigenvalue weighted by atomic mass is 9.81. The monoisotopic (exact) mass is 275 g/mol. The molecule has 0 heterocycles. The molecule has 0 aromatic rings. The topological polar surface area (TPSA) is 69.4 Å². The van der Waals surface area contributed by atoms with Gasteiger partial charge in [-0.2, -0.15) is 0 Å². The van der Waals surface area contributed by atoms with Crippen LogP contribution >= 0.6 is 0 Å². The van der Waals surface area contributed by atoms with E-state index >= 15 is 0 Å². The van der Waals surface area contributed by atoms with Gasteiger partial charge in [-0.1, -0.05) is 6.42 Å². The highest BCUT2D eigenvalue weighted by atomic mass is 32.2. The first-order valence-electron chi connectivity index (χ1n) is 6.90.